The van der Waals surface area contributed by atoms with E-state index in [9.17, 15) is 4.79 Å². The third kappa shape index (κ3) is 3.08. The van der Waals surface area contributed by atoms with E-state index >= 15 is 0 Å². The molecule has 0 radical (unpaired) electrons. The van der Waals surface area contributed by atoms with Gasteiger partial charge in [0.05, 0.1) is 0 Å². The number of amides is 1. The first-order chi connectivity index (χ1) is 10.6. The fourth-order valence-corrected chi connectivity index (χ4v) is 2.73. The Morgan fingerprint density at radius 2 is 1.82 bits per heavy atom. The second kappa shape index (κ2) is 6.13. The highest BCUT2D eigenvalue weighted by Gasteiger charge is 2.23. The van der Waals surface area contributed by atoms with E-state index in [1.807, 2.05) is 11.8 Å². The van der Waals surface area contributed by atoms with Gasteiger partial charge in [-0.1, -0.05) is 12.1 Å². The van der Waals surface area contributed by atoms with Gasteiger partial charge in [0, 0.05) is 37.6 Å². The molecule has 1 aliphatic heterocycles. The lowest BCUT2D eigenvalue weighted by molar-refractivity contribution is 0.0740. The van der Waals surface area contributed by atoms with Crippen LogP contribution in [0.25, 0.3) is 0 Å². The van der Waals surface area contributed by atoms with Gasteiger partial charge >= 0.3 is 0 Å². The van der Waals surface area contributed by atoms with Gasteiger partial charge in [0.15, 0.2) is 0 Å². The lowest BCUT2D eigenvalue weighted by Crippen LogP contribution is -2.49. The zero-order valence-corrected chi connectivity index (χ0v) is 13.0. The van der Waals surface area contributed by atoms with E-state index in [0.717, 1.165) is 31.9 Å². The van der Waals surface area contributed by atoms with Crippen molar-refractivity contribution >= 4 is 11.6 Å². The monoisotopic (exact) mass is 296 g/mol. The maximum Gasteiger partial charge on any atom is 0.272 e. The minimum absolute atomic E-state index is 0.00519. The molecule has 0 spiro atoms. The molecule has 2 aromatic rings. The van der Waals surface area contributed by atoms with Crippen LogP contribution in [0.4, 0.5) is 5.69 Å². The Hall–Kier alpha value is -2.43. The van der Waals surface area contributed by atoms with Crippen LogP contribution < -0.4 is 4.90 Å². The molecule has 5 nitrogen and oxygen atoms in total. The summed E-state index contributed by atoms with van der Waals surface area (Å²) in [5.41, 5.74) is 3.78. The van der Waals surface area contributed by atoms with Crippen molar-refractivity contribution in [1.29, 1.82) is 0 Å². The molecule has 1 aliphatic rings. The summed E-state index contributed by atoms with van der Waals surface area (Å²) >= 11 is 0. The van der Waals surface area contributed by atoms with Crippen molar-refractivity contribution in [1.82, 2.24) is 14.9 Å². The van der Waals surface area contributed by atoms with Gasteiger partial charge in [-0.15, -0.1) is 0 Å². The molecule has 1 fully saturated rings. The Morgan fingerprint density at radius 3 is 2.50 bits per heavy atom. The second-order valence-corrected chi connectivity index (χ2v) is 5.66. The standard InChI is InChI=1S/C17H20N4O/c1-13-4-3-5-15(10-13)20-6-8-21(9-7-20)17(22)16-11-14(2)18-12-19-16/h3-5,10-12H,6-9H2,1-2H3. The first kappa shape index (κ1) is 14.5. The van der Waals surface area contributed by atoms with E-state index in [4.69, 9.17) is 0 Å². The van der Waals surface area contributed by atoms with Crippen LogP contribution in [-0.4, -0.2) is 47.0 Å². The van der Waals surface area contributed by atoms with Crippen LogP contribution in [0, 0.1) is 13.8 Å². The number of carbonyl (C=O) groups excluding carboxylic acids is 1. The van der Waals surface area contributed by atoms with Gasteiger partial charge in [-0.2, -0.15) is 0 Å². The Balaban J connectivity index is 1.65. The quantitative estimate of drug-likeness (QED) is 0.851. The molecule has 1 aromatic carbocycles. The van der Waals surface area contributed by atoms with Gasteiger partial charge in [0.2, 0.25) is 0 Å². The molecule has 1 aromatic heterocycles. The summed E-state index contributed by atoms with van der Waals surface area (Å²) in [5, 5.41) is 0. The SMILES string of the molecule is Cc1cccc(N2CCN(C(=O)c3cc(C)ncn3)CC2)c1. The fraction of sp³-hybridized carbons (Fsp3) is 0.353. The van der Waals surface area contributed by atoms with Crippen LogP contribution in [0.3, 0.4) is 0 Å². The van der Waals surface area contributed by atoms with Gasteiger partial charge in [-0.05, 0) is 37.6 Å². The third-order valence-corrected chi connectivity index (χ3v) is 3.96. The van der Waals surface area contributed by atoms with Gasteiger partial charge in [0.1, 0.15) is 12.0 Å². The first-order valence-corrected chi connectivity index (χ1v) is 7.53. The highest BCUT2D eigenvalue weighted by molar-refractivity contribution is 5.92. The van der Waals surface area contributed by atoms with E-state index in [-0.39, 0.29) is 5.91 Å². The first-order valence-electron chi connectivity index (χ1n) is 7.53. The Morgan fingerprint density at radius 1 is 1.05 bits per heavy atom. The number of nitrogens with zero attached hydrogens (tertiary/aromatic N) is 4. The number of rotatable bonds is 2. The average molecular weight is 296 g/mol. The van der Waals surface area contributed by atoms with Gasteiger partial charge < -0.3 is 9.80 Å². The topological polar surface area (TPSA) is 49.3 Å². The van der Waals surface area contributed by atoms with Gasteiger partial charge in [0.25, 0.3) is 5.91 Å². The number of benzene rings is 1. The lowest BCUT2D eigenvalue weighted by Gasteiger charge is -2.36. The summed E-state index contributed by atoms with van der Waals surface area (Å²) in [6.07, 6.45) is 1.45. The van der Waals surface area contributed by atoms with Crippen molar-refractivity contribution in [2.24, 2.45) is 0 Å². The van der Waals surface area contributed by atoms with Gasteiger partial charge in [-0.3, -0.25) is 4.79 Å². The molecule has 0 bridgehead atoms. The van der Waals surface area contributed by atoms with Crippen molar-refractivity contribution in [3.63, 3.8) is 0 Å². The molecule has 2 heterocycles. The smallest absolute Gasteiger partial charge is 0.272 e. The fourth-order valence-electron chi connectivity index (χ4n) is 2.73. The van der Waals surface area contributed by atoms with E-state index in [0.29, 0.717) is 5.69 Å². The molecular weight excluding hydrogens is 276 g/mol. The minimum atomic E-state index is -0.00519. The molecular formula is C17H20N4O. The van der Waals surface area contributed by atoms with Crippen LogP contribution >= 0.6 is 0 Å². The summed E-state index contributed by atoms with van der Waals surface area (Å²) in [6, 6.07) is 10.2. The summed E-state index contributed by atoms with van der Waals surface area (Å²) < 4.78 is 0. The number of carbonyl (C=O) groups is 1. The van der Waals surface area contributed by atoms with Crippen LogP contribution in [-0.2, 0) is 0 Å². The van der Waals surface area contributed by atoms with Gasteiger partial charge in [-0.25, -0.2) is 9.97 Å². The van der Waals surface area contributed by atoms with Crippen molar-refractivity contribution in [3.05, 3.63) is 53.6 Å². The zero-order valence-electron chi connectivity index (χ0n) is 13.0. The zero-order chi connectivity index (χ0) is 15.5. The van der Waals surface area contributed by atoms with Crippen molar-refractivity contribution in [3.8, 4) is 0 Å². The van der Waals surface area contributed by atoms with E-state index < -0.39 is 0 Å². The Kier molecular flexibility index (Phi) is 4.04. The molecule has 3 rings (SSSR count). The Labute approximate surface area is 130 Å². The summed E-state index contributed by atoms with van der Waals surface area (Å²) in [7, 11) is 0. The van der Waals surface area contributed by atoms with Crippen molar-refractivity contribution < 1.29 is 4.79 Å². The van der Waals surface area contributed by atoms with Crippen molar-refractivity contribution in [2.45, 2.75) is 13.8 Å². The number of hydrogen-bond donors (Lipinski definition) is 0. The normalized spacial score (nSPS) is 15.0. The Bertz CT molecular complexity index is 678. The molecule has 0 N–H and O–H groups in total. The summed E-state index contributed by atoms with van der Waals surface area (Å²) in [4.78, 5) is 24.8. The van der Waals surface area contributed by atoms with Crippen LogP contribution in [0.15, 0.2) is 36.7 Å². The van der Waals surface area contributed by atoms with E-state index in [1.165, 1.54) is 17.6 Å². The molecule has 0 unspecified atom stereocenters. The lowest BCUT2D eigenvalue weighted by atomic mass is 10.2. The molecule has 1 amide bonds. The van der Waals surface area contributed by atoms with E-state index in [1.54, 1.807) is 6.07 Å². The maximum atomic E-state index is 12.5. The van der Waals surface area contributed by atoms with Crippen LogP contribution in [0.1, 0.15) is 21.7 Å². The summed E-state index contributed by atoms with van der Waals surface area (Å²) in [5.74, 6) is -0.00519. The molecule has 0 aliphatic carbocycles. The molecule has 114 valence electrons. The second-order valence-electron chi connectivity index (χ2n) is 5.66. The predicted octanol–water partition coefficient (Wildman–Crippen LogP) is 2.06. The van der Waals surface area contributed by atoms with Crippen LogP contribution in [0.5, 0.6) is 0 Å². The molecule has 1 saturated heterocycles. The minimum Gasteiger partial charge on any atom is -0.368 e. The molecule has 0 atom stereocenters. The number of aryl methyl sites for hydroxylation is 2. The van der Waals surface area contributed by atoms with Crippen molar-refractivity contribution in [2.75, 3.05) is 31.1 Å². The highest BCUT2D eigenvalue weighted by atomic mass is 16.2. The summed E-state index contributed by atoms with van der Waals surface area (Å²) in [6.45, 7) is 7.10. The molecule has 0 saturated carbocycles. The highest BCUT2D eigenvalue weighted by Crippen LogP contribution is 2.18. The number of piperazine rings is 1. The number of aromatic nitrogens is 2. The number of anilines is 1. The average Bonchev–Trinajstić information content (AvgIpc) is 2.54. The molecule has 22 heavy (non-hydrogen) atoms. The van der Waals surface area contributed by atoms with Crippen LogP contribution in [0.2, 0.25) is 0 Å². The van der Waals surface area contributed by atoms with E-state index in [2.05, 4.69) is 46.1 Å². The number of hydrogen-bond acceptors (Lipinski definition) is 4. The predicted molar refractivity (Wildman–Crippen MR) is 86.1 cm³/mol. The largest absolute Gasteiger partial charge is 0.368 e. The molecule has 5 heteroatoms. The third-order valence-electron chi connectivity index (χ3n) is 3.96. The maximum absolute atomic E-state index is 12.5.